The van der Waals surface area contributed by atoms with Crippen LogP contribution in [0.4, 0.5) is 10.8 Å². The number of methoxy groups -OCH3 is 1. The number of carbonyl (C=O) groups excluding carboxylic acids is 2. The van der Waals surface area contributed by atoms with E-state index in [2.05, 4.69) is 15.6 Å². The number of thioether (sulfide) groups is 1. The molecule has 1 heterocycles. The van der Waals surface area contributed by atoms with E-state index in [0.717, 1.165) is 39.6 Å². The van der Waals surface area contributed by atoms with Gasteiger partial charge in [0, 0.05) is 33.7 Å². The summed E-state index contributed by atoms with van der Waals surface area (Å²) in [5.41, 5.74) is 2.96. The lowest BCUT2D eigenvalue weighted by atomic mass is 10.1. The Hall–Kier alpha value is -4.41. The van der Waals surface area contributed by atoms with Crippen LogP contribution in [0.5, 0.6) is 5.75 Å². The molecule has 0 radical (unpaired) electrons. The van der Waals surface area contributed by atoms with Gasteiger partial charge in [0.25, 0.3) is 0 Å². The lowest BCUT2D eigenvalue weighted by molar-refractivity contribution is -0.131. The van der Waals surface area contributed by atoms with Crippen molar-refractivity contribution in [3.8, 4) is 17.0 Å². The van der Waals surface area contributed by atoms with Gasteiger partial charge < -0.3 is 20.5 Å². The summed E-state index contributed by atoms with van der Waals surface area (Å²) < 4.78 is 5.29. The van der Waals surface area contributed by atoms with Crippen LogP contribution >= 0.6 is 23.1 Å². The predicted molar refractivity (Wildman–Crippen MR) is 150 cm³/mol. The zero-order chi connectivity index (χ0) is 26.9. The van der Waals surface area contributed by atoms with E-state index in [0.29, 0.717) is 10.8 Å². The Bertz CT molecular complexity index is 1450. The molecule has 1 atom stereocenters. The quantitative estimate of drug-likeness (QED) is 0.168. The average molecular weight is 546 g/mol. The Labute approximate surface area is 227 Å². The number of benzene rings is 3. The highest BCUT2D eigenvalue weighted by Crippen LogP contribution is 2.37. The van der Waals surface area contributed by atoms with Crippen LogP contribution in [0, 0.1) is 0 Å². The van der Waals surface area contributed by atoms with Crippen molar-refractivity contribution in [2.24, 2.45) is 0 Å². The van der Waals surface area contributed by atoms with E-state index in [1.54, 1.807) is 31.4 Å². The summed E-state index contributed by atoms with van der Waals surface area (Å²) in [5, 5.41) is 16.0. The summed E-state index contributed by atoms with van der Waals surface area (Å²) in [5.74, 6) is -1.25. The van der Waals surface area contributed by atoms with Crippen molar-refractivity contribution in [1.82, 2.24) is 4.98 Å². The number of aromatic nitrogens is 1. The van der Waals surface area contributed by atoms with E-state index in [4.69, 9.17) is 9.84 Å². The minimum absolute atomic E-state index is 0.219. The smallest absolute Gasteiger partial charge is 0.328 e. The minimum Gasteiger partial charge on any atom is -0.497 e. The molecule has 38 heavy (non-hydrogen) atoms. The summed E-state index contributed by atoms with van der Waals surface area (Å²) in [6.45, 7) is 0. The van der Waals surface area contributed by atoms with Gasteiger partial charge in [0.15, 0.2) is 5.13 Å². The molecule has 0 bridgehead atoms. The monoisotopic (exact) mass is 545 g/mol. The number of amides is 2. The molecular formula is C28H23N3O5S2. The number of ether oxygens (including phenoxy) is 1. The topological polar surface area (TPSA) is 118 Å². The van der Waals surface area contributed by atoms with Crippen molar-refractivity contribution in [3.63, 3.8) is 0 Å². The fourth-order valence-electron chi connectivity index (χ4n) is 3.40. The first-order valence-electron chi connectivity index (χ1n) is 11.4. The molecule has 2 amide bonds. The normalized spacial score (nSPS) is 11.6. The van der Waals surface area contributed by atoms with Gasteiger partial charge in [-0.2, -0.15) is 0 Å². The standard InChI is InChI=1S/C28H23N3O5S2/c1-36-21-9-5-8-19(16-21)23-17-37-28(30-23)31-27(35)26(18-6-3-2-4-7-18)38-22-12-10-20(11-13-22)29-24(32)14-15-25(33)34/h2-17,26H,1H3,(H,29,32)(H,33,34)(H,30,31,35)/b15-14+. The summed E-state index contributed by atoms with van der Waals surface area (Å²) in [4.78, 5) is 41.2. The van der Waals surface area contributed by atoms with Crippen molar-refractivity contribution in [1.29, 1.82) is 0 Å². The highest BCUT2D eigenvalue weighted by atomic mass is 32.2. The Balaban J connectivity index is 1.48. The largest absolute Gasteiger partial charge is 0.497 e. The predicted octanol–water partition coefficient (Wildman–Crippen LogP) is 5.87. The SMILES string of the molecule is COc1cccc(-c2csc(NC(=O)C(Sc3ccc(NC(=O)/C=C/C(=O)O)cc3)c3ccccc3)n2)c1. The molecular weight excluding hydrogens is 522 g/mol. The average Bonchev–Trinajstić information content (AvgIpc) is 3.40. The Kier molecular flexibility index (Phi) is 8.91. The molecule has 192 valence electrons. The van der Waals surface area contributed by atoms with E-state index in [1.165, 1.54) is 23.1 Å². The van der Waals surface area contributed by atoms with Crippen LogP contribution < -0.4 is 15.4 Å². The molecule has 0 aliphatic heterocycles. The lowest BCUT2D eigenvalue weighted by Gasteiger charge is -2.16. The maximum absolute atomic E-state index is 13.4. The van der Waals surface area contributed by atoms with E-state index >= 15 is 0 Å². The molecule has 0 saturated carbocycles. The van der Waals surface area contributed by atoms with Gasteiger partial charge in [-0.1, -0.05) is 42.5 Å². The first-order valence-corrected chi connectivity index (χ1v) is 13.1. The second kappa shape index (κ2) is 12.7. The number of carboxylic acid groups (broad SMARTS) is 1. The summed E-state index contributed by atoms with van der Waals surface area (Å²) in [6, 6.07) is 23.9. The van der Waals surface area contributed by atoms with Gasteiger partial charge in [0.2, 0.25) is 11.8 Å². The maximum atomic E-state index is 13.4. The van der Waals surface area contributed by atoms with Crippen molar-refractivity contribution < 1.29 is 24.2 Å². The second-order valence-electron chi connectivity index (χ2n) is 7.85. The van der Waals surface area contributed by atoms with Crippen LogP contribution in [-0.2, 0) is 14.4 Å². The Morgan fingerprint density at radius 2 is 1.74 bits per heavy atom. The fourth-order valence-corrected chi connectivity index (χ4v) is 5.15. The molecule has 4 aromatic rings. The molecule has 4 rings (SSSR count). The number of carbonyl (C=O) groups is 3. The van der Waals surface area contributed by atoms with Gasteiger partial charge in [-0.15, -0.1) is 23.1 Å². The fraction of sp³-hybridized carbons (Fsp3) is 0.0714. The number of rotatable bonds is 10. The summed E-state index contributed by atoms with van der Waals surface area (Å²) in [7, 11) is 1.61. The molecule has 0 aliphatic carbocycles. The number of thiazole rings is 1. The van der Waals surface area contributed by atoms with Gasteiger partial charge in [-0.25, -0.2) is 9.78 Å². The van der Waals surface area contributed by atoms with Crippen LogP contribution in [0.1, 0.15) is 10.8 Å². The van der Waals surface area contributed by atoms with E-state index in [9.17, 15) is 14.4 Å². The van der Waals surface area contributed by atoms with Crippen molar-refractivity contribution in [2.45, 2.75) is 10.1 Å². The molecule has 3 aromatic carbocycles. The molecule has 0 fully saturated rings. The van der Waals surface area contributed by atoms with Gasteiger partial charge in [-0.3, -0.25) is 9.59 Å². The molecule has 1 unspecified atom stereocenters. The summed E-state index contributed by atoms with van der Waals surface area (Å²) >= 11 is 2.71. The van der Waals surface area contributed by atoms with Crippen molar-refractivity contribution in [3.05, 3.63) is 102 Å². The molecule has 0 spiro atoms. The van der Waals surface area contributed by atoms with Crippen LogP contribution in [0.15, 0.2) is 101 Å². The van der Waals surface area contributed by atoms with Crippen LogP contribution in [0.25, 0.3) is 11.3 Å². The van der Waals surface area contributed by atoms with E-state index < -0.39 is 17.1 Å². The third-order valence-electron chi connectivity index (χ3n) is 5.19. The number of nitrogens with one attached hydrogen (secondary N) is 2. The molecule has 10 heteroatoms. The highest BCUT2D eigenvalue weighted by Gasteiger charge is 2.23. The zero-order valence-electron chi connectivity index (χ0n) is 20.2. The molecule has 8 nitrogen and oxygen atoms in total. The van der Waals surface area contributed by atoms with Gasteiger partial charge in [0.05, 0.1) is 12.8 Å². The minimum atomic E-state index is -1.20. The number of hydrogen-bond acceptors (Lipinski definition) is 7. The maximum Gasteiger partial charge on any atom is 0.328 e. The third kappa shape index (κ3) is 7.31. The number of carboxylic acids is 1. The van der Waals surface area contributed by atoms with E-state index in [-0.39, 0.29) is 5.91 Å². The second-order valence-corrected chi connectivity index (χ2v) is 9.89. The zero-order valence-corrected chi connectivity index (χ0v) is 21.8. The number of anilines is 2. The third-order valence-corrected chi connectivity index (χ3v) is 7.22. The molecule has 1 aromatic heterocycles. The van der Waals surface area contributed by atoms with E-state index in [1.807, 2.05) is 60.0 Å². The Morgan fingerprint density at radius 3 is 2.45 bits per heavy atom. The highest BCUT2D eigenvalue weighted by molar-refractivity contribution is 8.00. The van der Waals surface area contributed by atoms with Gasteiger partial charge in [0.1, 0.15) is 11.0 Å². The van der Waals surface area contributed by atoms with Gasteiger partial charge >= 0.3 is 5.97 Å². The number of aliphatic carboxylic acids is 1. The van der Waals surface area contributed by atoms with Crippen LogP contribution in [0.3, 0.4) is 0 Å². The van der Waals surface area contributed by atoms with Crippen molar-refractivity contribution in [2.75, 3.05) is 17.7 Å². The Morgan fingerprint density at radius 1 is 0.974 bits per heavy atom. The lowest BCUT2D eigenvalue weighted by Crippen LogP contribution is -2.19. The number of hydrogen-bond donors (Lipinski definition) is 3. The van der Waals surface area contributed by atoms with Gasteiger partial charge in [-0.05, 0) is 42.0 Å². The van der Waals surface area contributed by atoms with Crippen LogP contribution in [-0.4, -0.2) is 35.0 Å². The van der Waals surface area contributed by atoms with Crippen LogP contribution in [0.2, 0.25) is 0 Å². The summed E-state index contributed by atoms with van der Waals surface area (Å²) in [6.07, 6.45) is 1.71. The first kappa shape index (κ1) is 26.6. The molecule has 3 N–H and O–H groups in total. The number of nitrogens with zero attached hydrogens (tertiary/aromatic N) is 1. The first-order chi connectivity index (χ1) is 18.4. The molecule has 0 saturated heterocycles. The molecule has 0 aliphatic rings. The van der Waals surface area contributed by atoms with Crippen molar-refractivity contribution >= 4 is 51.7 Å².